The monoisotopic (exact) mass is 1330 g/mol. The van der Waals surface area contributed by atoms with Crippen LogP contribution in [-0.4, -0.2) is 163 Å². The quantitative estimate of drug-likeness (QED) is 0.0123. The molecule has 0 aliphatic carbocycles. The SMILES string of the molecule is CCCOC(=O)C(Cc1ccc(O)cc1)NC(=O)NC(Cc1ccc(O)cc1)C(=O)OCCC.CCCOC(=O)C(Cc1ccc(O)cc1)NC(=O)O.CCCOC(=O)C(Cc1ccc(O)cc1)NC=O.CCCOC(=O)C(N)Cc1ccc(O)cc1.O=C(O)n1ccnc1. The average molecular weight is 1330 g/mol. The van der Waals surface area contributed by atoms with Crippen molar-refractivity contribution in [2.75, 3.05) is 33.0 Å². The van der Waals surface area contributed by atoms with Gasteiger partial charge in [0.1, 0.15) is 65.3 Å². The molecule has 28 heteroatoms. The lowest BCUT2D eigenvalue weighted by molar-refractivity contribution is -0.147. The number of aromatic hydroxyl groups is 5. The highest BCUT2D eigenvalue weighted by molar-refractivity contribution is 5.87. The van der Waals surface area contributed by atoms with Crippen LogP contribution in [0.2, 0.25) is 0 Å². The van der Waals surface area contributed by atoms with Crippen molar-refractivity contribution >= 4 is 54.5 Å². The number of hydrogen-bond donors (Lipinski definition) is 12. The number of ether oxygens (including phenoxy) is 5. The van der Waals surface area contributed by atoms with Gasteiger partial charge in [0.15, 0.2) is 0 Å². The summed E-state index contributed by atoms with van der Waals surface area (Å²) in [7, 11) is 0. The number of aromatic nitrogens is 2. The third-order valence-electron chi connectivity index (χ3n) is 12.5. The van der Waals surface area contributed by atoms with Crippen LogP contribution in [0.4, 0.5) is 14.4 Å². The molecule has 5 unspecified atom stereocenters. The standard InChI is InChI=1S/C25H32N2O7.C13H17NO5.C13H17NO4.C12H17NO3.C4H4N2O2/c1-3-13-33-23(30)21(15-17-5-9-19(28)10-6-17)26-25(32)27-22(24(31)34-14-4-2)16-18-7-11-20(29)12-8-18;1-2-7-19-12(16)11(14-13(17)18)8-9-3-5-10(15)6-4-9;1-2-7-18-13(17)12(14-9-15)8-10-3-5-11(16)6-4-10;1-2-7-16-12(15)11(13)8-9-3-5-10(14)6-4-9;7-4(8)6-2-1-5-3-6/h5-12,21-22,28-29H,3-4,13-16H2,1-2H3,(H2,26,27,32);3-6,11,14-15H,2,7-8H2,1H3,(H,17,18);3-6,9,12,16H,2,7-8H2,1H3,(H,14,15);3-6,11,14H,2,7-8,13H2,1H3;1-3H,(H,7,8). The van der Waals surface area contributed by atoms with Crippen LogP contribution >= 0.6 is 0 Å². The summed E-state index contributed by atoms with van der Waals surface area (Å²) in [6.45, 7) is 10.8. The van der Waals surface area contributed by atoms with Gasteiger partial charge >= 0.3 is 48.1 Å². The third kappa shape index (κ3) is 34.9. The number of carboxylic acid groups (broad SMARTS) is 2. The summed E-state index contributed by atoms with van der Waals surface area (Å²) in [5, 5.41) is 73.0. The van der Waals surface area contributed by atoms with Crippen LogP contribution < -0.4 is 27.0 Å². The second-order valence-electron chi connectivity index (χ2n) is 20.6. The predicted octanol–water partition coefficient (Wildman–Crippen LogP) is 6.98. The first kappa shape index (κ1) is 80.2. The van der Waals surface area contributed by atoms with Crippen LogP contribution in [0.15, 0.2) is 140 Å². The summed E-state index contributed by atoms with van der Waals surface area (Å²) in [5.74, 6) is -1.99. The molecule has 6 rings (SSSR count). The van der Waals surface area contributed by atoms with E-state index in [0.717, 1.165) is 34.1 Å². The predicted molar refractivity (Wildman–Crippen MR) is 346 cm³/mol. The second-order valence-corrected chi connectivity index (χ2v) is 20.6. The van der Waals surface area contributed by atoms with Crippen LogP contribution in [0.25, 0.3) is 0 Å². The average Bonchev–Trinajstić information content (AvgIpc) is 1.66. The highest BCUT2D eigenvalue weighted by Gasteiger charge is 2.28. The van der Waals surface area contributed by atoms with Crippen LogP contribution in [0.5, 0.6) is 28.7 Å². The van der Waals surface area contributed by atoms with Crippen molar-refractivity contribution in [2.45, 2.75) is 129 Å². The molecule has 0 saturated carbocycles. The van der Waals surface area contributed by atoms with E-state index in [1.165, 1.54) is 67.3 Å². The Morgan fingerprint density at radius 3 is 0.958 bits per heavy atom. The fourth-order valence-corrected chi connectivity index (χ4v) is 7.71. The number of hydrogen-bond acceptors (Lipinski definition) is 21. The summed E-state index contributed by atoms with van der Waals surface area (Å²) in [6, 6.07) is 26.8. The van der Waals surface area contributed by atoms with Gasteiger partial charge in [-0.2, -0.15) is 0 Å². The Bertz CT molecular complexity index is 3130. The van der Waals surface area contributed by atoms with E-state index in [4.69, 9.17) is 55.0 Å². The summed E-state index contributed by atoms with van der Waals surface area (Å²) in [6.07, 6.45) is 6.85. The molecule has 4 amide bonds. The molecule has 5 aromatic carbocycles. The highest BCUT2D eigenvalue weighted by Crippen LogP contribution is 2.17. The Labute approximate surface area is 550 Å². The molecule has 516 valence electrons. The zero-order chi connectivity index (χ0) is 70.5. The van der Waals surface area contributed by atoms with Crippen molar-refractivity contribution in [1.29, 1.82) is 0 Å². The van der Waals surface area contributed by atoms with E-state index in [0.29, 0.717) is 62.9 Å². The van der Waals surface area contributed by atoms with Crippen molar-refractivity contribution in [3.8, 4) is 28.7 Å². The van der Waals surface area contributed by atoms with Crippen molar-refractivity contribution in [2.24, 2.45) is 5.73 Å². The Morgan fingerprint density at radius 2 is 0.705 bits per heavy atom. The molecule has 13 N–H and O–H groups in total. The van der Waals surface area contributed by atoms with Gasteiger partial charge in [-0.1, -0.05) is 95.3 Å². The Hall–Kier alpha value is -10.9. The molecule has 1 aromatic heterocycles. The number of carbonyl (C=O) groups excluding carboxylic acids is 7. The topological polar surface area (TPSA) is 433 Å². The van der Waals surface area contributed by atoms with E-state index in [-0.39, 0.29) is 73.8 Å². The van der Waals surface area contributed by atoms with E-state index < -0.39 is 72.3 Å². The lowest BCUT2D eigenvalue weighted by Crippen LogP contribution is -2.53. The number of nitrogens with zero attached hydrogens (tertiary/aromatic N) is 2. The second kappa shape index (κ2) is 46.2. The summed E-state index contributed by atoms with van der Waals surface area (Å²) in [5.41, 5.74) is 9.57. The Kier molecular flexibility index (Phi) is 39.0. The molecule has 0 spiro atoms. The molecule has 95 heavy (non-hydrogen) atoms. The number of urea groups is 1. The molecule has 0 radical (unpaired) electrons. The highest BCUT2D eigenvalue weighted by atomic mass is 16.6. The van der Waals surface area contributed by atoms with Crippen LogP contribution in [0.1, 0.15) is 94.5 Å². The van der Waals surface area contributed by atoms with Gasteiger partial charge in [-0.3, -0.25) is 9.59 Å². The smallest absolute Gasteiger partial charge is 0.416 e. The van der Waals surface area contributed by atoms with Crippen molar-refractivity contribution in [3.05, 3.63) is 168 Å². The van der Waals surface area contributed by atoms with Crippen LogP contribution in [-0.2, 0) is 84.6 Å². The minimum Gasteiger partial charge on any atom is -0.508 e. The number of amides is 4. The van der Waals surface area contributed by atoms with Crippen molar-refractivity contribution < 1.29 is 103 Å². The molecule has 0 fully saturated rings. The van der Waals surface area contributed by atoms with Crippen LogP contribution in [0.3, 0.4) is 0 Å². The van der Waals surface area contributed by atoms with Gasteiger partial charge in [0.25, 0.3) is 0 Å². The lowest BCUT2D eigenvalue weighted by atomic mass is 10.1. The zero-order valence-corrected chi connectivity index (χ0v) is 53.7. The third-order valence-corrected chi connectivity index (χ3v) is 12.5. The maximum atomic E-state index is 12.8. The Morgan fingerprint density at radius 1 is 0.432 bits per heavy atom. The maximum absolute atomic E-state index is 12.8. The molecule has 5 atom stereocenters. The van der Waals surface area contributed by atoms with Gasteiger partial charge in [0.05, 0.1) is 33.0 Å². The van der Waals surface area contributed by atoms with Crippen LogP contribution in [0, 0.1) is 0 Å². The first-order valence-electron chi connectivity index (χ1n) is 30.4. The number of imidazole rings is 1. The number of phenolic OH excluding ortho intramolecular Hbond substituents is 5. The van der Waals surface area contributed by atoms with Gasteiger partial charge in [-0.05, 0) is 127 Å². The number of phenols is 5. The molecule has 1 heterocycles. The van der Waals surface area contributed by atoms with Gasteiger partial charge in [-0.15, -0.1) is 0 Å². The molecule has 0 aliphatic heterocycles. The normalized spacial score (nSPS) is 11.7. The summed E-state index contributed by atoms with van der Waals surface area (Å²) in [4.78, 5) is 107. The minimum absolute atomic E-state index is 0.0854. The molecular formula is C67H87N7O21. The number of benzene rings is 5. The number of nitrogens with one attached hydrogen (secondary N) is 4. The maximum Gasteiger partial charge on any atom is 0.416 e. The number of carbonyl (C=O) groups is 9. The zero-order valence-electron chi connectivity index (χ0n) is 53.7. The van der Waals surface area contributed by atoms with E-state index >= 15 is 0 Å². The van der Waals surface area contributed by atoms with E-state index in [9.17, 15) is 53.4 Å². The first-order valence-corrected chi connectivity index (χ1v) is 30.4. The Balaban J connectivity index is 0.000000433. The van der Waals surface area contributed by atoms with E-state index in [1.54, 1.807) is 72.8 Å². The van der Waals surface area contributed by atoms with E-state index in [1.807, 2.05) is 34.6 Å². The minimum atomic E-state index is -1.28. The van der Waals surface area contributed by atoms with Crippen molar-refractivity contribution in [1.82, 2.24) is 30.8 Å². The van der Waals surface area contributed by atoms with Gasteiger partial charge in [0, 0.05) is 38.1 Å². The summed E-state index contributed by atoms with van der Waals surface area (Å²) >= 11 is 0. The largest absolute Gasteiger partial charge is 0.508 e. The van der Waals surface area contributed by atoms with Crippen molar-refractivity contribution in [3.63, 3.8) is 0 Å². The number of esters is 5. The fourth-order valence-electron chi connectivity index (χ4n) is 7.71. The van der Waals surface area contributed by atoms with E-state index in [2.05, 4.69) is 26.3 Å². The fraction of sp³-hybridized carbons (Fsp3) is 0.373. The van der Waals surface area contributed by atoms with Gasteiger partial charge in [0.2, 0.25) is 6.41 Å². The summed E-state index contributed by atoms with van der Waals surface area (Å²) < 4.78 is 26.3. The van der Waals surface area contributed by atoms with Gasteiger partial charge in [-0.25, -0.2) is 43.1 Å². The number of nitrogens with two attached hydrogens (primary N) is 1. The van der Waals surface area contributed by atoms with Gasteiger partial charge < -0.3 is 86.4 Å². The number of rotatable bonds is 30. The molecule has 6 aromatic rings. The molecular weight excluding hydrogens is 1240 g/mol. The first-order chi connectivity index (χ1) is 45.4. The molecule has 0 aliphatic rings. The lowest BCUT2D eigenvalue weighted by Gasteiger charge is -2.22. The molecule has 0 bridgehead atoms. The molecule has 0 saturated heterocycles. The molecule has 28 nitrogen and oxygen atoms in total.